The number of aryl methyl sites for hydroxylation is 2. The Balaban J connectivity index is 2.87. The number of benzene rings is 1. The van der Waals surface area contributed by atoms with Gasteiger partial charge in [0.1, 0.15) is 5.69 Å². The van der Waals surface area contributed by atoms with Crippen molar-refractivity contribution in [3.8, 4) is 0 Å². The number of halogens is 1. The van der Waals surface area contributed by atoms with E-state index in [1.165, 1.54) is 6.92 Å². The van der Waals surface area contributed by atoms with Crippen LogP contribution < -0.4 is 0 Å². The van der Waals surface area contributed by atoms with E-state index in [-0.39, 0.29) is 5.78 Å². The first-order valence-corrected chi connectivity index (χ1v) is 5.45. The molecule has 0 saturated carbocycles. The van der Waals surface area contributed by atoms with Crippen LogP contribution in [-0.2, 0) is 0 Å². The Labute approximate surface area is 99.3 Å². The molecule has 0 spiro atoms. The first kappa shape index (κ1) is 11.1. The Bertz CT molecular complexity index is 590. The third-order valence-corrected chi connectivity index (χ3v) is 2.85. The van der Waals surface area contributed by atoms with Gasteiger partial charge < -0.3 is 0 Å². The molecule has 1 aromatic heterocycles. The Morgan fingerprint density at radius 2 is 1.88 bits per heavy atom. The minimum absolute atomic E-state index is 0.0145. The first-order valence-electron chi connectivity index (χ1n) is 5.07. The van der Waals surface area contributed by atoms with Crippen molar-refractivity contribution >= 4 is 28.3 Å². The fourth-order valence-corrected chi connectivity index (χ4v) is 2.07. The SMILES string of the molecule is CC(=O)c1cc(C)c2cc(Cl)cc(C)c2n1. The van der Waals surface area contributed by atoms with E-state index in [4.69, 9.17) is 11.6 Å². The summed E-state index contributed by atoms with van der Waals surface area (Å²) in [6.45, 7) is 5.44. The molecule has 82 valence electrons. The topological polar surface area (TPSA) is 30.0 Å². The zero-order chi connectivity index (χ0) is 11.9. The van der Waals surface area contributed by atoms with Gasteiger partial charge in [-0.1, -0.05) is 11.6 Å². The smallest absolute Gasteiger partial charge is 0.178 e. The second-order valence-corrected chi connectivity index (χ2v) is 4.44. The third-order valence-electron chi connectivity index (χ3n) is 2.64. The maximum Gasteiger partial charge on any atom is 0.178 e. The molecule has 0 radical (unpaired) electrons. The Kier molecular flexibility index (Phi) is 2.68. The number of ketones is 1. The number of nitrogens with zero attached hydrogens (tertiary/aromatic N) is 1. The second-order valence-electron chi connectivity index (χ2n) is 4.00. The summed E-state index contributed by atoms with van der Waals surface area (Å²) < 4.78 is 0. The van der Waals surface area contributed by atoms with Crippen molar-refractivity contribution in [1.82, 2.24) is 4.98 Å². The minimum atomic E-state index is -0.0145. The van der Waals surface area contributed by atoms with Gasteiger partial charge in [0.2, 0.25) is 0 Å². The molecule has 16 heavy (non-hydrogen) atoms. The maximum atomic E-state index is 11.3. The fourth-order valence-electron chi connectivity index (χ4n) is 1.80. The predicted molar refractivity (Wildman–Crippen MR) is 66.2 cm³/mol. The normalized spacial score (nSPS) is 10.8. The number of carbonyl (C=O) groups excluding carboxylic acids is 1. The lowest BCUT2D eigenvalue weighted by molar-refractivity contribution is 0.101. The van der Waals surface area contributed by atoms with Gasteiger partial charge in [-0.2, -0.15) is 0 Å². The summed E-state index contributed by atoms with van der Waals surface area (Å²) in [4.78, 5) is 15.7. The molecule has 0 N–H and O–H groups in total. The van der Waals surface area contributed by atoms with Crippen LogP contribution in [0, 0.1) is 13.8 Å². The summed E-state index contributed by atoms with van der Waals surface area (Å²) in [6, 6.07) is 5.55. The summed E-state index contributed by atoms with van der Waals surface area (Å²) in [5, 5.41) is 1.71. The van der Waals surface area contributed by atoms with Crippen LogP contribution >= 0.6 is 11.6 Å². The van der Waals surface area contributed by atoms with Gasteiger partial charge >= 0.3 is 0 Å². The van der Waals surface area contributed by atoms with E-state index in [2.05, 4.69) is 4.98 Å². The molecule has 0 aliphatic carbocycles. The largest absolute Gasteiger partial charge is 0.293 e. The Morgan fingerprint density at radius 1 is 1.19 bits per heavy atom. The van der Waals surface area contributed by atoms with E-state index in [0.29, 0.717) is 10.7 Å². The quantitative estimate of drug-likeness (QED) is 0.703. The summed E-state index contributed by atoms with van der Waals surface area (Å²) >= 11 is 6.00. The number of fused-ring (bicyclic) bond motifs is 1. The molecule has 2 aromatic rings. The highest BCUT2D eigenvalue weighted by molar-refractivity contribution is 6.31. The fraction of sp³-hybridized carbons (Fsp3) is 0.231. The summed E-state index contributed by atoms with van der Waals surface area (Å²) in [7, 11) is 0. The molecule has 0 amide bonds. The van der Waals surface area contributed by atoms with Crippen molar-refractivity contribution in [1.29, 1.82) is 0 Å². The molecule has 0 saturated heterocycles. The van der Waals surface area contributed by atoms with Gasteiger partial charge in [-0.05, 0) is 43.2 Å². The van der Waals surface area contributed by atoms with Crippen LogP contribution in [0.1, 0.15) is 28.5 Å². The van der Waals surface area contributed by atoms with Gasteiger partial charge in [0.25, 0.3) is 0 Å². The van der Waals surface area contributed by atoms with Gasteiger partial charge in [0, 0.05) is 17.3 Å². The average Bonchev–Trinajstić information content (AvgIpc) is 2.19. The number of pyridine rings is 1. The van der Waals surface area contributed by atoms with Crippen LogP contribution in [0.15, 0.2) is 18.2 Å². The average molecular weight is 234 g/mol. The number of carbonyl (C=O) groups is 1. The molecule has 0 fully saturated rings. The number of hydrogen-bond donors (Lipinski definition) is 0. The van der Waals surface area contributed by atoms with Crippen LogP contribution in [0.4, 0.5) is 0 Å². The predicted octanol–water partition coefficient (Wildman–Crippen LogP) is 3.71. The molecule has 2 nitrogen and oxygen atoms in total. The van der Waals surface area contributed by atoms with Crippen molar-refractivity contribution in [3.05, 3.63) is 40.0 Å². The highest BCUT2D eigenvalue weighted by Crippen LogP contribution is 2.25. The summed E-state index contributed by atoms with van der Waals surface area (Å²) in [5.74, 6) is -0.0145. The lowest BCUT2D eigenvalue weighted by Gasteiger charge is -2.07. The standard InChI is InChI=1S/C13H12ClNO/c1-7-5-12(9(3)16)15-13-8(2)4-10(14)6-11(7)13/h4-6H,1-3H3. The Hall–Kier alpha value is -1.41. The lowest BCUT2D eigenvalue weighted by atomic mass is 10.0. The van der Waals surface area contributed by atoms with Crippen LogP contribution in [0.25, 0.3) is 10.9 Å². The Morgan fingerprint density at radius 3 is 2.50 bits per heavy atom. The molecule has 0 atom stereocenters. The molecular weight excluding hydrogens is 222 g/mol. The van der Waals surface area contributed by atoms with Crippen molar-refractivity contribution < 1.29 is 4.79 Å². The minimum Gasteiger partial charge on any atom is -0.293 e. The van der Waals surface area contributed by atoms with E-state index in [9.17, 15) is 4.79 Å². The maximum absolute atomic E-state index is 11.3. The molecule has 1 aromatic carbocycles. The lowest BCUT2D eigenvalue weighted by Crippen LogP contribution is -1.99. The van der Waals surface area contributed by atoms with Crippen molar-refractivity contribution in [2.75, 3.05) is 0 Å². The zero-order valence-corrected chi connectivity index (χ0v) is 10.2. The zero-order valence-electron chi connectivity index (χ0n) is 9.47. The number of Topliss-reactive ketones (excluding diaryl/α,β-unsaturated/α-hetero) is 1. The van der Waals surface area contributed by atoms with Crippen molar-refractivity contribution in [2.24, 2.45) is 0 Å². The van der Waals surface area contributed by atoms with E-state index in [0.717, 1.165) is 22.0 Å². The van der Waals surface area contributed by atoms with Crippen molar-refractivity contribution in [2.45, 2.75) is 20.8 Å². The first-order chi connectivity index (χ1) is 7.49. The number of hydrogen-bond acceptors (Lipinski definition) is 2. The molecule has 0 aliphatic heterocycles. The number of aromatic nitrogens is 1. The molecular formula is C13H12ClNO. The van der Waals surface area contributed by atoms with Gasteiger partial charge in [0.15, 0.2) is 5.78 Å². The number of rotatable bonds is 1. The van der Waals surface area contributed by atoms with Gasteiger partial charge in [0.05, 0.1) is 5.52 Å². The van der Waals surface area contributed by atoms with E-state index >= 15 is 0 Å². The van der Waals surface area contributed by atoms with Crippen LogP contribution in [0.2, 0.25) is 5.02 Å². The highest BCUT2D eigenvalue weighted by Gasteiger charge is 2.08. The van der Waals surface area contributed by atoms with Crippen LogP contribution in [0.3, 0.4) is 0 Å². The van der Waals surface area contributed by atoms with Gasteiger partial charge in [-0.25, -0.2) is 4.98 Å². The molecule has 0 bridgehead atoms. The molecule has 3 heteroatoms. The van der Waals surface area contributed by atoms with E-state index in [1.807, 2.05) is 26.0 Å². The molecule has 1 heterocycles. The van der Waals surface area contributed by atoms with Crippen LogP contribution in [-0.4, -0.2) is 10.8 Å². The molecule has 2 rings (SSSR count). The van der Waals surface area contributed by atoms with E-state index in [1.54, 1.807) is 6.07 Å². The van der Waals surface area contributed by atoms with E-state index < -0.39 is 0 Å². The van der Waals surface area contributed by atoms with Crippen LogP contribution in [0.5, 0.6) is 0 Å². The summed E-state index contributed by atoms with van der Waals surface area (Å²) in [5.41, 5.74) is 3.39. The van der Waals surface area contributed by atoms with Gasteiger partial charge in [-0.15, -0.1) is 0 Å². The highest BCUT2D eigenvalue weighted by atomic mass is 35.5. The van der Waals surface area contributed by atoms with Crippen molar-refractivity contribution in [3.63, 3.8) is 0 Å². The third kappa shape index (κ3) is 1.81. The van der Waals surface area contributed by atoms with Gasteiger partial charge in [-0.3, -0.25) is 4.79 Å². The monoisotopic (exact) mass is 233 g/mol. The second kappa shape index (κ2) is 3.87. The molecule has 0 unspecified atom stereocenters. The summed E-state index contributed by atoms with van der Waals surface area (Å²) in [6.07, 6.45) is 0. The molecule has 0 aliphatic rings.